The fourth-order valence-corrected chi connectivity index (χ4v) is 3.56. The van der Waals surface area contributed by atoms with Gasteiger partial charge in [-0.2, -0.15) is 0 Å². The average Bonchev–Trinajstić information content (AvgIpc) is 3.20. The maximum Gasteiger partial charge on any atom is 0.294 e. The number of piperidine rings is 1. The highest BCUT2D eigenvalue weighted by Crippen LogP contribution is 2.23. The van der Waals surface area contributed by atoms with Crippen LogP contribution in [0.3, 0.4) is 0 Å². The molecule has 0 saturated carbocycles. The van der Waals surface area contributed by atoms with Crippen molar-refractivity contribution in [2.24, 2.45) is 5.92 Å². The second kappa shape index (κ2) is 7.96. The molecular formula is C17H18N4O4S. The summed E-state index contributed by atoms with van der Waals surface area (Å²) >= 11 is 1.41. The SMILES string of the molecule is O=C(NNc1ccccc1[N+](=O)[O-])C1CCN(C(=O)c2cccs2)CC1. The topological polar surface area (TPSA) is 105 Å². The van der Waals surface area contributed by atoms with E-state index in [9.17, 15) is 19.7 Å². The quantitative estimate of drug-likeness (QED) is 0.618. The predicted octanol–water partition coefficient (Wildman–Crippen LogP) is 2.65. The number of para-hydroxylation sites is 2. The maximum atomic E-state index is 12.3. The number of rotatable bonds is 5. The van der Waals surface area contributed by atoms with Gasteiger partial charge < -0.3 is 4.90 Å². The van der Waals surface area contributed by atoms with Gasteiger partial charge in [0.25, 0.3) is 11.6 Å². The highest BCUT2D eigenvalue weighted by atomic mass is 32.1. The molecule has 0 bridgehead atoms. The van der Waals surface area contributed by atoms with Crippen LogP contribution in [0.15, 0.2) is 41.8 Å². The van der Waals surface area contributed by atoms with Gasteiger partial charge in [-0.1, -0.05) is 18.2 Å². The summed E-state index contributed by atoms with van der Waals surface area (Å²) in [5.74, 6) is -0.471. The van der Waals surface area contributed by atoms with Gasteiger partial charge in [0.05, 0.1) is 9.80 Å². The van der Waals surface area contributed by atoms with E-state index in [2.05, 4.69) is 10.9 Å². The van der Waals surface area contributed by atoms with Crippen molar-refractivity contribution in [1.82, 2.24) is 10.3 Å². The molecule has 0 atom stereocenters. The first kappa shape index (κ1) is 17.9. The van der Waals surface area contributed by atoms with Crippen molar-refractivity contribution in [2.45, 2.75) is 12.8 Å². The number of likely N-dealkylation sites (tertiary alicyclic amines) is 1. The molecule has 136 valence electrons. The van der Waals surface area contributed by atoms with Crippen molar-refractivity contribution >= 4 is 34.5 Å². The number of anilines is 1. The molecule has 0 radical (unpaired) electrons. The minimum atomic E-state index is -0.511. The summed E-state index contributed by atoms with van der Waals surface area (Å²) in [5, 5.41) is 12.8. The van der Waals surface area contributed by atoms with E-state index in [4.69, 9.17) is 0 Å². The number of amides is 2. The van der Waals surface area contributed by atoms with Gasteiger partial charge in [-0.25, -0.2) is 0 Å². The van der Waals surface area contributed by atoms with Crippen LogP contribution in [0.4, 0.5) is 11.4 Å². The Bertz CT molecular complexity index is 801. The molecular weight excluding hydrogens is 356 g/mol. The summed E-state index contributed by atoms with van der Waals surface area (Å²) < 4.78 is 0. The van der Waals surface area contributed by atoms with Crippen LogP contribution in [0.5, 0.6) is 0 Å². The van der Waals surface area contributed by atoms with Crippen LogP contribution in [-0.2, 0) is 4.79 Å². The second-order valence-electron chi connectivity index (χ2n) is 5.93. The van der Waals surface area contributed by atoms with E-state index in [0.717, 1.165) is 0 Å². The Morgan fingerprint density at radius 2 is 1.88 bits per heavy atom. The monoisotopic (exact) mass is 374 g/mol. The van der Waals surface area contributed by atoms with E-state index in [0.29, 0.717) is 30.8 Å². The molecule has 2 amide bonds. The van der Waals surface area contributed by atoms with Gasteiger partial charge in [-0.15, -0.1) is 11.3 Å². The van der Waals surface area contributed by atoms with E-state index in [1.165, 1.54) is 23.5 Å². The zero-order valence-corrected chi connectivity index (χ0v) is 14.7. The first-order valence-electron chi connectivity index (χ1n) is 8.18. The molecule has 1 aromatic heterocycles. The third kappa shape index (κ3) is 3.99. The molecule has 0 unspecified atom stereocenters. The summed E-state index contributed by atoms with van der Waals surface area (Å²) in [5.41, 5.74) is 5.29. The van der Waals surface area contributed by atoms with Crippen LogP contribution in [-0.4, -0.2) is 34.7 Å². The molecule has 8 nitrogen and oxygen atoms in total. The third-order valence-electron chi connectivity index (χ3n) is 4.31. The second-order valence-corrected chi connectivity index (χ2v) is 6.88. The van der Waals surface area contributed by atoms with Crippen molar-refractivity contribution in [1.29, 1.82) is 0 Å². The zero-order chi connectivity index (χ0) is 18.5. The molecule has 3 rings (SSSR count). The van der Waals surface area contributed by atoms with Gasteiger partial charge in [0.15, 0.2) is 0 Å². The Hall–Kier alpha value is -2.94. The van der Waals surface area contributed by atoms with Crippen LogP contribution >= 0.6 is 11.3 Å². The number of thiophene rings is 1. The molecule has 1 saturated heterocycles. The number of benzene rings is 1. The van der Waals surface area contributed by atoms with Crippen molar-refractivity contribution < 1.29 is 14.5 Å². The molecule has 1 aliphatic heterocycles. The molecule has 2 heterocycles. The number of nitrogens with one attached hydrogen (secondary N) is 2. The normalized spacial score (nSPS) is 14.7. The van der Waals surface area contributed by atoms with Gasteiger partial charge in [0.1, 0.15) is 5.69 Å². The Morgan fingerprint density at radius 3 is 2.54 bits per heavy atom. The standard InChI is InChI=1S/C17H18N4O4S/c22-16(19-18-13-4-1-2-5-14(13)21(24)25)12-7-9-20(10-8-12)17(23)15-6-3-11-26-15/h1-6,11-12,18H,7-10H2,(H,19,22). The number of hydrogen-bond donors (Lipinski definition) is 2. The lowest BCUT2D eigenvalue weighted by molar-refractivity contribution is -0.384. The number of carbonyl (C=O) groups is 2. The van der Waals surface area contributed by atoms with E-state index in [1.807, 2.05) is 11.4 Å². The van der Waals surface area contributed by atoms with Gasteiger partial charge >= 0.3 is 0 Å². The summed E-state index contributed by atoms with van der Waals surface area (Å²) in [7, 11) is 0. The zero-order valence-electron chi connectivity index (χ0n) is 13.9. The Morgan fingerprint density at radius 1 is 1.15 bits per heavy atom. The van der Waals surface area contributed by atoms with Crippen LogP contribution < -0.4 is 10.9 Å². The molecule has 9 heteroatoms. The summed E-state index contributed by atoms with van der Waals surface area (Å²) in [4.78, 5) is 37.5. The number of nitro benzene ring substituents is 1. The minimum Gasteiger partial charge on any atom is -0.338 e. The largest absolute Gasteiger partial charge is 0.338 e. The number of hydrogen-bond acceptors (Lipinski definition) is 6. The van der Waals surface area contributed by atoms with Crippen molar-refractivity contribution in [2.75, 3.05) is 18.5 Å². The lowest BCUT2D eigenvalue weighted by Crippen LogP contribution is -2.44. The molecule has 0 spiro atoms. The molecule has 26 heavy (non-hydrogen) atoms. The predicted molar refractivity (Wildman–Crippen MR) is 97.8 cm³/mol. The van der Waals surface area contributed by atoms with Gasteiger partial charge in [-0.3, -0.25) is 30.6 Å². The van der Waals surface area contributed by atoms with Crippen molar-refractivity contribution in [3.05, 3.63) is 56.8 Å². The Labute approximate surface area is 153 Å². The Balaban J connectivity index is 1.51. The van der Waals surface area contributed by atoms with E-state index in [-0.39, 0.29) is 29.1 Å². The number of hydrazine groups is 1. The van der Waals surface area contributed by atoms with Crippen molar-refractivity contribution in [3.63, 3.8) is 0 Å². The molecule has 0 aliphatic carbocycles. The summed E-state index contributed by atoms with van der Waals surface area (Å²) in [6.45, 7) is 1.03. The molecule has 2 aromatic rings. The van der Waals surface area contributed by atoms with E-state index in [1.54, 1.807) is 23.1 Å². The van der Waals surface area contributed by atoms with Gasteiger partial charge in [0.2, 0.25) is 5.91 Å². The van der Waals surface area contributed by atoms with Crippen LogP contribution in [0.2, 0.25) is 0 Å². The van der Waals surface area contributed by atoms with E-state index >= 15 is 0 Å². The fourth-order valence-electron chi connectivity index (χ4n) is 2.87. The first-order valence-corrected chi connectivity index (χ1v) is 9.06. The van der Waals surface area contributed by atoms with Crippen LogP contribution in [0.25, 0.3) is 0 Å². The summed E-state index contributed by atoms with van der Waals surface area (Å²) in [6.07, 6.45) is 1.11. The van der Waals surface area contributed by atoms with Crippen LogP contribution in [0.1, 0.15) is 22.5 Å². The Kier molecular flexibility index (Phi) is 5.47. The summed E-state index contributed by atoms with van der Waals surface area (Å²) in [6, 6.07) is 9.74. The molecule has 2 N–H and O–H groups in total. The fraction of sp³-hybridized carbons (Fsp3) is 0.294. The number of carbonyl (C=O) groups excluding carboxylic acids is 2. The average molecular weight is 374 g/mol. The van der Waals surface area contributed by atoms with Gasteiger partial charge in [0, 0.05) is 25.1 Å². The lowest BCUT2D eigenvalue weighted by atomic mass is 9.96. The number of nitro groups is 1. The maximum absolute atomic E-state index is 12.3. The smallest absolute Gasteiger partial charge is 0.294 e. The van der Waals surface area contributed by atoms with E-state index < -0.39 is 4.92 Å². The van der Waals surface area contributed by atoms with Gasteiger partial charge in [-0.05, 0) is 30.4 Å². The molecule has 1 aliphatic rings. The molecule has 1 aromatic carbocycles. The highest BCUT2D eigenvalue weighted by Gasteiger charge is 2.28. The van der Waals surface area contributed by atoms with Crippen molar-refractivity contribution in [3.8, 4) is 0 Å². The molecule has 1 fully saturated rings. The van der Waals surface area contributed by atoms with Crippen LogP contribution in [0, 0.1) is 16.0 Å². The lowest BCUT2D eigenvalue weighted by Gasteiger charge is -2.31. The third-order valence-corrected chi connectivity index (χ3v) is 5.16. The number of nitrogens with zero attached hydrogens (tertiary/aromatic N) is 2. The highest BCUT2D eigenvalue weighted by molar-refractivity contribution is 7.12. The first-order chi connectivity index (χ1) is 12.6. The minimum absolute atomic E-state index is 0.00288.